The van der Waals surface area contributed by atoms with Crippen molar-refractivity contribution in [2.75, 3.05) is 7.11 Å². The highest BCUT2D eigenvalue weighted by Gasteiger charge is 2.04. The lowest BCUT2D eigenvalue weighted by atomic mass is 10.0. The molecule has 0 bridgehead atoms. The summed E-state index contributed by atoms with van der Waals surface area (Å²) in [6.45, 7) is 0.517. The monoisotopic (exact) mass is 229 g/mol. The molecule has 3 N–H and O–H groups in total. The predicted octanol–water partition coefficient (Wildman–Crippen LogP) is 2.53. The Balaban J connectivity index is 2.45. The van der Waals surface area contributed by atoms with Crippen LogP contribution in [0.5, 0.6) is 11.5 Å². The van der Waals surface area contributed by atoms with E-state index in [0.29, 0.717) is 12.3 Å². The molecule has 2 aromatic carbocycles. The SMILES string of the molecule is COc1cc(-c2cccc(CN)c2)ccc1O. The molecule has 88 valence electrons. The minimum Gasteiger partial charge on any atom is -0.504 e. The minimum atomic E-state index is 0.145. The number of nitrogens with two attached hydrogens (primary N) is 1. The highest BCUT2D eigenvalue weighted by Crippen LogP contribution is 2.31. The van der Waals surface area contributed by atoms with Crippen molar-refractivity contribution in [1.82, 2.24) is 0 Å². The van der Waals surface area contributed by atoms with Crippen LogP contribution in [-0.2, 0) is 6.54 Å². The Bertz CT molecular complexity index is 523. The van der Waals surface area contributed by atoms with Gasteiger partial charge in [0.1, 0.15) is 0 Å². The van der Waals surface area contributed by atoms with Crippen LogP contribution in [0.4, 0.5) is 0 Å². The summed E-state index contributed by atoms with van der Waals surface area (Å²) < 4.78 is 5.09. The fraction of sp³-hybridized carbons (Fsp3) is 0.143. The zero-order chi connectivity index (χ0) is 12.3. The van der Waals surface area contributed by atoms with Gasteiger partial charge in [0.05, 0.1) is 7.11 Å². The molecule has 0 amide bonds. The van der Waals surface area contributed by atoms with Gasteiger partial charge in [0.25, 0.3) is 0 Å². The van der Waals surface area contributed by atoms with Gasteiger partial charge in [0, 0.05) is 6.54 Å². The summed E-state index contributed by atoms with van der Waals surface area (Å²) in [5, 5.41) is 9.54. The maximum absolute atomic E-state index is 9.54. The van der Waals surface area contributed by atoms with Gasteiger partial charge >= 0.3 is 0 Å². The van der Waals surface area contributed by atoms with Crippen LogP contribution in [-0.4, -0.2) is 12.2 Å². The number of aromatic hydroxyl groups is 1. The van der Waals surface area contributed by atoms with E-state index in [4.69, 9.17) is 10.5 Å². The number of hydrogen-bond acceptors (Lipinski definition) is 3. The number of hydrogen-bond donors (Lipinski definition) is 2. The third kappa shape index (κ3) is 2.40. The molecule has 0 atom stereocenters. The van der Waals surface area contributed by atoms with Gasteiger partial charge in [-0.1, -0.05) is 24.3 Å². The molecule has 0 fully saturated rings. The summed E-state index contributed by atoms with van der Waals surface area (Å²) in [5.74, 6) is 0.617. The van der Waals surface area contributed by atoms with Crippen molar-refractivity contribution in [3.05, 3.63) is 48.0 Å². The lowest BCUT2D eigenvalue weighted by Crippen LogP contribution is -1.95. The van der Waals surface area contributed by atoms with E-state index in [1.165, 1.54) is 7.11 Å². The number of phenols is 1. The molecule has 0 aliphatic carbocycles. The molecule has 2 rings (SSSR count). The molecule has 0 spiro atoms. The average molecular weight is 229 g/mol. The Morgan fingerprint density at radius 2 is 1.88 bits per heavy atom. The maximum Gasteiger partial charge on any atom is 0.161 e. The highest BCUT2D eigenvalue weighted by molar-refractivity contribution is 5.67. The molecule has 2 aromatic rings. The number of benzene rings is 2. The smallest absolute Gasteiger partial charge is 0.161 e. The molecule has 17 heavy (non-hydrogen) atoms. The van der Waals surface area contributed by atoms with E-state index in [1.54, 1.807) is 6.07 Å². The number of ether oxygens (including phenoxy) is 1. The Labute approximate surface area is 100 Å². The molecule has 0 aliphatic heterocycles. The quantitative estimate of drug-likeness (QED) is 0.850. The first-order chi connectivity index (χ1) is 8.24. The first-order valence-electron chi connectivity index (χ1n) is 5.41. The van der Waals surface area contributed by atoms with Crippen LogP contribution in [0.1, 0.15) is 5.56 Å². The van der Waals surface area contributed by atoms with Gasteiger partial charge < -0.3 is 15.6 Å². The molecule has 0 aromatic heterocycles. The van der Waals surface area contributed by atoms with Crippen LogP contribution < -0.4 is 10.5 Å². The third-order valence-electron chi connectivity index (χ3n) is 2.68. The zero-order valence-corrected chi connectivity index (χ0v) is 9.68. The molecule has 0 aliphatic rings. The van der Waals surface area contributed by atoms with Gasteiger partial charge in [-0.2, -0.15) is 0 Å². The Hall–Kier alpha value is -2.00. The van der Waals surface area contributed by atoms with E-state index in [0.717, 1.165) is 16.7 Å². The van der Waals surface area contributed by atoms with Crippen LogP contribution in [0.25, 0.3) is 11.1 Å². The van der Waals surface area contributed by atoms with Crippen molar-refractivity contribution >= 4 is 0 Å². The van der Waals surface area contributed by atoms with E-state index in [9.17, 15) is 5.11 Å². The van der Waals surface area contributed by atoms with Crippen LogP contribution in [0.3, 0.4) is 0 Å². The maximum atomic E-state index is 9.54. The van der Waals surface area contributed by atoms with Gasteiger partial charge in [-0.3, -0.25) is 0 Å². The van der Waals surface area contributed by atoms with Crippen molar-refractivity contribution in [1.29, 1.82) is 0 Å². The van der Waals surface area contributed by atoms with E-state index in [-0.39, 0.29) is 5.75 Å². The largest absolute Gasteiger partial charge is 0.504 e. The van der Waals surface area contributed by atoms with Crippen LogP contribution in [0.2, 0.25) is 0 Å². The molecular formula is C14H15NO2. The van der Waals surface area contributed by atoms with Crippen molar-refractivity contribution in [3.63, 3.8) is 0 Å². The molecule has 0 saturated carbocycles. The van der Waals surface area contributed by atoms with Crippen LogP contribution in [0, 0.1) is 0 Å². The topological polar surface area (TPSA) is 55.5 Å². The fourth-order valence-electron chi connectivity index (χ4n) is 1.74. The summed E-state index contributed by atoms with van der Waals surface area (Å²) in [7, 11) is 1.54. The van der Waals surface area contributed by atoms with E-state index in [1.807, 2.05) is 36.4 Å². The zero-order valence-electron chi connectivity index (χ0n) is 9.68. The van der Waals surface area contributed by atoms with E-state index < -0.39 is 0 Å². The van der Waals surface area contributed by atoms with Gasteiger partial charge in [-0.25, -0.2) is 0 Å². The first-order valence-corrected chi connectivity index (χ1v) is 5.41. The lowest BCUT2D eigenvalue weighted by Gasteiger charge is -2.08. The summed E-state index contributed by atoms with van der Waals surface area (Å²) >= 11 is 0. The number of rotatable bonds is 3. The normalized spacial score (nSPS) is 10.2. The van der Waals surface area contributed by atoms with Crippen molar-refractivity contribution in [2.24, 2.45) is 5.73 Å². The molecule has 3 nitrogen and oxygen atoms in total. The van der Waals surface area contributed by atoms with Crippen LogP contribution in [0.15, 0.2) is 42.5 Å². The summed E-state index contributed by atoms with van der Waals surface area (Å²) in [6.07, 6.45) is 0. The van der Waals surface area contributed by atoms with Crippen molar-refractivity contribution < 1.29 is 9.84 Å². The van der Waals surface area contributed by atoms with Gasteiger partial charge in [-0.05, 0) is 34.9 Å². The van der Waals surface area contributed by atoms with Crippen LogP contribution >= 0.6 is 0 Å². The second-order valence-corrected chi connectivity index (χ2v) is 3.79. The standard InChI is InChI=1S/C14H15NO2/c1-17-14-8-12(5-6-13(14)16)11-4-2-3-10(7-11)9-15/h2-8,16H,9,15H2,1H3. The highest BCUT2D eigenvalue weighted by atomic mass is 16.5. The first kappa shape index (κ1) is 11.5. The molecule has 0 unspecified atom stereocenters. The summed E-state index contributed by atoms with van der Waals surface area (Å²) in [4.78, 5) is 0. The Kier molecular flexibility index (Phi) is 3.30. The average Bonchev–Trinajstić information content (AvgIpc) is 2.39. The van der Waals surface area contributed by atoms with Gasteiger partial charge in [0.2, 0.25) is 0 Å². The fourth-order valence-corrected chi connectivity index (χ4v) is 1.74. The van der Waals surface area contributed by atoms with Gasteiger partial charge in [-0.15, -0.1) is 0 Å². The van der Waals surface area contributed by atoms with Gasteiger partial charge in [0.15, 0.2) is 11.5 Å². The molecule has 0 heterocycles. The molecule has 0 saturated heterocycles. The Morgan fingerprint density at radius 3 is 2.59 bits per heavy atom. The third-order valence-corrected chi connectivity index (χ3v) is 2.68. The molecule has 3 heteroatoms. The summed E-state index contributed by atoms with van der Waals surface area (Å²) in [6, 6.07) is 13.3. The van der Waals surface area contributed by atoms with E-state index >= 15 is 0 Å². The second kappa shape index (κ2) is 4.89. The predicted molar refractivity (Wildman–Crippen MR) is 68.0 cm³/mol. The van der Waals surface area contributed by atoms with Crippen molar-refractivity contribution in [3.8, 4) is 22.6 Å². The number of methoxy groups -OCH3 is 1. The van der Waals surface area contributed by atoms with Crippen molar-refractivity contribution in [2.45, 2.75) is 6.54 Å². The number of phenolic OH excluding ortho intramolecular Hbond substituents is 1. The summed E-state index contributed by atoms with van der Waals surface area (Å²) in [5.41, 5.74) is 8.75. The van der Waals surface area contributed by atoms with E-state index in [2.05, 4.69) is 0 Å². The minimum absolute atomic E-state index is 0.145. The molecule has 0 radical (unpaired) electrons. The second-order valence-electron chi connectivity index (χ2n) is 3.79. The molecular weight excluding hydrogens is 214 g/mol. The Morgan fingerprint density at radius 1 is 1.12 bits per heavy atom. The lowest BCUT2D eigenvalue weighted by molar-refractivity contribution is 0.373.